The van der Waals surface area contributed by atoms with Gasteiger partial charge in [-0.2, -0.15) is 5.10 Å². The number of nitrogens with zero attached hydrogens (tertiary/aromatic N) is 1. The molecule has 0 fully saturated rings. The minimum absolute atomic E-state index is 0.413. The highest BCUT2D eigenvalue weighted by Gasteiger charge is 2.18. The summed E-state index contributed by atoms with van der Waals surface area (Å²) in [5.74, 6) is 0.954. The molecule has 0 saturated carbocycles. The Morgan fingerprint density at radius 2 is 2.31 bits per heavy atom. The van der Waals surface area contributed by atoms with Crippen molar-refractivity contribution >= 4 is 11.6 Å². The van der Waals surface area contributed by atoms with Crippen molar-refractivity contribution in [1.29, 1.82) is 0 Å². The van der Waals surface area contributed by atoms with Crippen LogP contribution in [0.25, 0.3) is 0 Å². The lowest BCUT2D eigenvalue weighted by atomic mass is 9.88. The number of aromatic nitrogens is 2. The van der Waals surface area contributed by atoms with Crippen molar-refractivity contribution in [2.75, 3.05) is 6.54 Å². The molecule has 0 saturated heterocycles. The lowest BCUT2D eigenvalue weighted by Gasteiger charge is -2.18. The van der Waals surface area contributed by atoms with Crippen molar-refractivity contribution in [3.05, 3.63) is 16.9 Å². The molecule has 0 radical (unpaired) electrons. The van der Waals surface area contributed by atoms with E-state index in [1.807, 2.05) is 0 Å². The van der Waals surface area contributed by atoms with Crippen LogP contribution in [-0.4, -0.2) is 16.7 Å². The summed E-state index contributed by atoms with van der Waals surface area (Å²) in [6.45, 7) is 5.03. The van der Waals surface area contributed by atoms with Gasteiger partial charge in [-0.15, -0.1) is 0 Å². The quantitative estimate of drug-likeness (QED) is 0.785. The molecule has 0 bridgehead atoms. The summed E-state index contributed by atoms with van der Waals surface area (Å²) in [6, 6.07) is 0. The minimum Gasteiger partial charge on any atom is -0.330 e. The Morgan fingerprint density at radius 3 is 2.69 bits per heavy atom. The van der Waals surface area contributed by atoms with Crippen LogP contribution in [0.5, 0.6) is 0 Å². The molecule has 0 aliphatic carbocycles. The van der Waals surface area contributed by atoms with E-state index in [9.17, 15) is 0 Å². The number of rotatable bonds is 4. The van der Waals surface area contributed by atoms with Crippen LogP contribution in [0.3, 0.4) is 0 Å². The topological polar surface area (TPSA) is 54.7 Å². The number of halogens is 1. The monoisotopic (exact) mass is 201 g/mol. The van der Waals surface area contributed by atoms with Crippen LogP contribution in [-0.2, 0) is 0 Å². The third-order valence-electron chi connectivity index (χ3n) is 2.30. The summed E-state index contributed by atoms with van der Waals surface area (Å²) >= 11 is 5.96. The van der Waals surface area contributed by atoms with Crippen LogP contribution in [0.1, 0.15) is 31.7 Å². The second-order valence-corrected chi connectivity index (χ2v) is 3.95. The highest BCUT2D eigenvalue weighted by molar-refractivity contribution is 6.30. The van der Waals surface area contributed by atoms with Gasteiger partial charge in [-0.1, -0.05) is 25.4 Å². The van der Waals surface area contributed by atoms with Gasteiger partial charge in [0.15, 0.2) is 0 Å². The van der Waals surface area contributed by atoms with Crippen molar-refractivity contribution in [2.24, 2.45) is 11.7 Å². The zero-order valence-electron chi connectivity index (χ0n) is 8.05. The van der Waals surface area contributed by atoms with Gasteiger partial charge >= 0.3 is 0 Å². The summed E-state index contributed by atoms with van der Waals surface area (Å²) < 4.78 is 0. The zero-order valence-corrected chi connectivity index (χ0v) is 8.80. The maximum atomic E-state index is 5.96. The Kier molecular flexibility index (Phi) is 3.75. The van der Waals surface area contributed by atoms with Gasteiger partial charge in [-0.05, 0) is 24.8 Å². The van der Waals surface area contributed by atoms with E-state index in [2.05, 4.69) is 24.0 Å². The van der Waals surface area contributed by atoms with Gasteiger partial charge in [0.05, 0.1) is 6.20 Å². The Balaban J connectivity index is 2.82. The molecule has 0 aromatic carbocycles. The molecule has 0 amide bonds. The van der Waals surface area contributed by atoms with Crippen LogP contribution in [0.4, 0.5) is 0 Å². The average Bonchev–Trinajstić information content (AvgIpc) is 2.47. The summed E-state index contributed by atoms with van der Waals surface area (Å²) in [4.78, 5) is 0. The first-order valence-electron chi connectivity index (χ1n) is 4.55. The molecule has 4 heteroatoms. The van der Waals surface area contributed by atoms with Gasteiger partial charge < -0.3 is 5.73 Å². The van der Waals surface area contributed by atoms with Crippen molar-refractivity contribution in [3.63, 3.8) is 0 Å². The predicted molar refractivity (Wildman–Crippen MR) is 54.8 cm³/mol. The van der Waals surface area contributed by atoms with Gasteiger partial charge in [0, 0.05) is 5.56 Å². The molecule has 0 aliphatic heterocycles. The Hall–Kier alpha value is -0.540. The molecule has 74 valence electrons. The van der Waals surface area contributed by atoms with Crippen LogP contribution >= 0.6 is 11.6 Å². The second-order valence-electron chi connectivity index (χ2n) is 3.57. The maximum Gasteiger partial charge on any atom is 0.127 e. The smallest absolute Gasteiger partial charge is 0.127 e. The van der Waals surface area contributed by atoms with Crippen LogP contribution in [0, 0.1) is 5.92 Å². The fraction of sp³-hybridized carbons (Fsp3) is 0.667. The third-order valence-corrected chi connectivity index (χ3v) is 2.60. The lowest BCUT2D eigenvalue weighted by molar-refractivity contribution is 0.473. The number of nitrogens with one attached hydrogen (secondary N) is 1. The fourth-order valence-electron chi connectivity index (χ4n) is 1.57. The molecule has 3 N–H and O–H groups in total. The van der Waals surface area contributed by atoms with Crippen LogP contribution in [0.15, 0.2) is 6.20 Å². The number of H-pyrrole nitrogens is 1. The van der Waals surface area contributed by atoms with Gasteiger partial charge in [0.2, 0.25) is 0 Å². The highest BCUT2D eigenvalue weighted by atomic mass is 35.5. The highest BCUT2D eigenvalue weighted by Crippen LogP contribution is 2.30. The van der Waals surface area contributed by atoms with E-state index in [1.165, 1.54) is 0 Å². The molecule has 1 aromatic rings. The number of hydrogen-bond acceptors (Lipinski definition) is 2. The molecule has 1 heterocycles. The van der Waals surface area contributed by atoms with Crippen molar-refractivity contribution < 1.29 is 0 Å². The van der Waals surface area contributed by atoms with E-state index in [0.717, 1.165) is 12.0 Å². The van der Waals surface area contributed by atoms with E-state index >= 15 is 0 Å². The number of nitrogens with two attached hydrogens (primary N) is 1. The van der Waals surface area contributed by atoms with Gasteiger partial charge in [0.1, 0.15) is 5.15 Å². The Morgan fingerprint density at radius 1 is 1.62 bits per heavy atom. The molecule has 0 spiro atoms. The summed E-state index contributed by atoms with van der Waals surface area (Å²) in [5.41, 5.74) is 6.63. The van der Waals surface area contributed by atoms with Crippen molar-refractivity contribution in [2.45, 2.75) is 26.2 Å². The van der Waals surface area contributed by atoms with E-state index in [4.69, 9.17) is 17.3 Å². The molecular formula is C9H16ClN3. The number of hydrogen-bond donors (Lipinski definition) is 2. The Labute approximate surface area is 83.7 Å². The first kappa shape index (κ1) is 10.5. The summed E-state index contributed by atoms with van der Waals surface area (Å²) in [7, 11) is 0. The molecule has 1 aromatic heterocycles. The maximum absolute atomic E-state index is 5.96. The van der Waals surface area contributed by atoms with Gasteiger partial charge in [-0.3, -0.25) is 5.10 Å². The largest absolute Gasteiger partial charge is 0.330 e. The SMILES string of the molecule is CC(C)C(CCN)c1cn[nH]c1Cl. The van der Waals surface area contributed by atoms with E-state index in [1.54, 1.807) is 6.20 Å². The lowest BCUT2D eigenvalue weighted by Crippen LogP contribution is -2.12. The molecule has 1 rings (SSSR count). The second kappa shape index (κ2) is 4.63. The van der Waals surface area contributed by atoms with Gasteiger partial charge in [0.25, 0.3) is 0 Å². The first-order chi connectivity index (χ1) is 6.16. The minimum atomic E-state index is 0.413. The molecule has 13 heavy (non-hydrogen) atoms. The van der Waals surface area contributed by atoms with Crippen molar-refractivity contribution in [3.8, 4) is 0 Å². The average molecular weight is 202 g/mol. The molecule has 0 aliphatic rings. The van der Waals surface area contributed by atoms with Crippen LogP contribution in [0.2, 0.25) is 5.15 Å². The first-order valence-corrected chi connectivity index (χ1v) is 4.93. The molecule has 1 atom stereocenters. The van der Waals surface area contributed by atoms with E-state index < -0.39 is 0 Å². The molecule has 1 unspecified atom stereocenters. The van der Waals surface area contributed by atoms with E-state index in [0.29, 0.717) is 23.5 Å². The Bertz CT molecular complexity index is 257. The summed E-state index contributed by atoms with van der Waals surface area (Å²) in [5, 5.41) is 7.29. The van der Waals surface area contributed by atoms with Crippen molar-refractivity contribution in [1.82, 2.24) is 10.2 Å². The molecule has 3 nitrogen and oxygen atoms in total. The fourth-order valence-corrected chi connectivity index (χ4v) is 1.80. The molecular weight excluding hydrogens is 186 g/mol. The summed E-state index contributed by atoms with van der Waals surface area (Å²) in [6.07, 6.45) is 2.75. The number of aromatic amines is 1. The predicted octanol–water partition coefficient (Wildman–Crippen LogP) is 2.15. The van der Waals surface area contributed by atoms with E-state index in [-0.39, 0.29) is 0 Å². The normalized spacial score (nSPS) is 13.6. The van der Waals surface area contributed by atoms with Gasteiger partial charge in [-0.25, -0.2) is 0 Å². The third kappa shape index (κ3) is 2.45. The zero-order chi connectivity index (χ0) is 9.84. The van der Waals surface area contributed by atoms with Crippen LogP contribution < -0.4 is 5.73 Å². The standard InChI is InChI=1S/C9H16ClN3/c1-6(2)7(3-4-11)8-5-12-13-9(8)10/h5-7H,3-4,11H2,1-2H3,(H,12,13).